The van der Waals surface area contributed by atoms with Crippen LogP contribution in [0.3, 0.4) is 0 Å². The van der Waals surface area contributed by atoms with Gasteiger partial charge < -0.3 is 10.4 Å². The molecule has 0 saturated carbocycles. The molecule has 0 radical (unpaired) electrons. The topological polar surface area (TPSA) is 104 Å². The summed E-state index contributed by atoms with van der Waals surface area (Å²) in [6.07, 6.45) is 5.01. The Hall–Kier alpha value is -3.74. The van der Waals surface area contributed by atoms with Crippen LogP contribution < -0.4 is 10.2 Å². The molecule has 1 aliphatic heterocycles. The van der Waals surface area contributed by atoms with Crippen LogP contribution in [0.5, 0.6) is 0 Å². The minimum Gasteiger partial charge on any atom is -0.478 e. The van der Waals surface area contributed by atoms with Crippen LogP contribution in [-0.2, 0) is 9.59 Å². The number of aromatic carboxylic acids is 1. The van der Waals surface area contributed by atoms with Crippen LogP contribution in [0.2, 0.25) is 0 Å². The zero-order valence-electron chi connectivity index (χ0n) is 15.4. The molecular weight excluding hydrogens is 372 g/mol. The van der Waals surface area contributed by atoms with Crippen LogP contribution in [0, 0.1) is 11.8 Å². The summed E-state index contributed by atoms with van der Waals surface area (Å²) in [5.74, 6) is -2.52. The molecule has 0 spiro atoms. The summed E-state index contributed by atoms with van der Waals surface area (Å²) in [5.41, 5.74) is 1.20. The monoisotopic (exact) mass is 390 g/mol. The van der Waals surface area contributed by atoms with Crippen molar-refractivity contribution in [2.45, 2.75) is 12.8 Å². The van der Waals surface area contributed by atoms with Gasteiger partial charge in [0, 0.05) is 11.3 Å². The van der Waals surface area contributed by atoms with Crippen molar-refractivity contribution in [3.8, 4) is 0 Å². The first-order chi connectivity index (χ1) is 14.0. The summed E-state index contributed by atoms with van der Waals surface area (Å²) in [7, 11) is 0. The number of amides is 3. The van der Waals surface area contributed by atoms with Crippen LogP contribution >= 0.6 is 0 Å². The second-order valence-electron chi connectivity index (χ2n) is 7.05. The van der Waals surface area contributed by atoms with Crippen molar-refractivity contribution in [1.82, 2.24) is 0 Å². The Morgan fingerprint density at radius 3 is 2.10 bits per heavy atom. The summed E-state index contributed by atoms with van der Waals surface area (Å²) in [6, 6.07) is 12.2. The summed E-state index contributed by atoms with van der Waals surface area (Å²) >= 11 is 0. The molecule has 2 aromatic carbocycles. The molecule has 3 amide bonds. The van der Waals surface area contributed by atoms with Crippen LogP contribution in [0.15, 0.2) is 60.7 Å². The van der Waals surface area contributed by atoms with Gasteiger partial charge in [0.2, 0.25) is 11.8 Å². The van der Waals surface area contributed by atoms with Crippen LogP contribution in [0.25, 0.3) is 0 Å². The normalized spacial score (nSPS) is 20.5. The average Bonchev–Trinajstić information content (AvgIpc) is 2.99. The van der Waals surface area contributed by atoms with Gasteiger partial charge in [-0.2, -0.15) is 0 Å². The number of anilines is 2. The SMILES string of the molecule is O=C(O)c1cccc(NC(=O)c2ccc(N3C(=O)[C@@H]4CC=CC[C@H]4C3=O)cc2)c1. The lowest BCUT2D eigenvalue weighted by Gasteiger charge is -2.15. The number of carboxylic acids is 1. The Morgan fingerprint density at radius 2 is 1.52 bits per heavy atom. The largest absolute Gasteiger partial charge is 0.478 e. The minimum absolute atomic E-state index is 0.0696. The van der Waals surface area contributed by atoms with Gasteiger partial charge in [-0.25, -0.2) is 4.79 Å². The maximum Gasteiger partial charge on any atom is 0.335 e. The molecular formula is C22H18N2O5. The van der Waals surface area contributed by atoms with E-state index in [1.54, 1.807) is 24.3 Å². The first-order valence-electron chi connectivity index (χ1n) is 9.23. The summed E-state index contributed by atoms with van der Waals surface area (Å²) in [5, 5.41) is 11.7. The third-order valence-electron chi connectivity index (χ3n) is 5.26. The molecule has 2 aromatic rings. The number of fused-ring (bicyclic) bond motifs is 1. The zero-order valence-corrected chi connectivity index (χ0v) is 15.4. The third-order valence-corrected chi connectivity index (χ3v) is 5.26. The lowest BCUT2D eigenvalue weighted by atomic mass is 9.85. The molecule has 7 heteroatoms. The molecule has 146 valence electrons. The van der Waals surface area contributed by atoms with Crippen LogP contribution in [0.4, 0.5) is 11.4 Å². The number of benzene rings is 2. The molecule has 0 aromatic heterocycles. The quantitative estimate of drug-likeness (QED) is 0.617. The predicted octanol–water partition coefficient (Wildman–Crippen LogP) is 3.09. The van der Waals surface area contributed by atoms with E-state index in [0.29, 0.717) is 29.8 Å². The lowest BCUT2D eigenvalue weighted by molar-refractivity contribution is -0.122. The highest BCUT2D eigenvalue weighted by Crippen LogP contribution is 2.37. The molecule has 0 unspecified atom stereocenters. The highest BCUT2D eigenvalue weighted by molar-refractivity contribution is 6.22. The van der Waals surface area contributed by atoms with E-state index in [9.17, 15) is 19.2 Å². The summed E-state index contributed by atoms with van der Waals surface area (Å²) in [4.78, 5) is 50.0. The number of rotatable bonds is 4. The molecule has 1 heterocycles. The van der Waals surface area contributed by atoms with E-state index in [4.69, 9.17) is 5.11 Å². The fraction of sp³-hybridized carbons (Fsp3) is 0.182. The van der Waals surface area contributed by atoms with Gasteiger partial charge in [0.1, 0.15) is 0 Å². The maximum absolute atomic E-state index is 12.6. The van der Waals surface area contributed by atoms with E-state index in [1.807, 2.05) is 12.2 Å². The number of allylic oxidation sites excluding steroid dienone is 2. The Morgan fingerprint density at radius 1 is 0.897 bits per heavy atom. The number of hydrogen-bond acceptors (Lipinski definition) is 4. The smallest absolute Gasteiger partial charge is 0.335 e. The standard InChI is InChI=1S/C22H18N2O5/c25-19(23-15-5-3-4-14(12-15)22(28)29)13-8-10-16(11-9-13)24-20(26)17-6-1-2-7-18(17)21(24)27/h1-5,8-12,17-18H,6-7H2,(H,23,25)(H,28,29)/t17-,18-/m1/s1. The molecule has 0 bridgehead atoms. The van der Waals surface area contributed by atoms with Gasteiger partial charge in [0.05, 0.1) is 23.1 Å². The number of carbonyl (C=O) groups is 4. The lowest BCUT2D eigenvalue weighted by Crippen LogP contribution is -2.30. The van der Waals surface area contributed by atoms with Crippen molar-refractivity contribution in [3.63, 3.8) is 0 Å². The minimum atomic E-state index is -1.08. The maximum atomic E-state index is 12.6. The van der Waals surface area contributed by atoms with Crippen molar-refractivity contribution in [3.05, 3.63) is 71.8 Å². The van der Waals surface area contributed by atoms with Gasteiger partial charge in [0.25, 0.3) is 5.91 Å². The van der Waals surface area contributed by atoms with Gasteiger partial charge in [-0.1, -0.05) is 18.2 Å². The Balaban J connectivity index is 1.50. The molecule has 1 fully saturated rings. The van der Waals surface area contributed by atoms with Crippen molar-refractivity contribution in [1.29, 1.82) is 0 Å². The first-order valence-corrected chi connectivity index (χ1v) is 9.23. The zero-order chi connectivity index (χ0) is 20.5. The number of carboxylic acid groups (broad SMARTS) is 1. The number of imide groups is 1. The fourth-order valence-corrected chi connectivity index (χ4v) is 3.75. The van der Waals surface area contributed by atoms with Crippen molar-refractivity contribution in [2.75, 3.05) is 10.2 Å². The number of carbonyl (C=O) groups excluding carboxylic acids is 3. The molecule has 2 atom stereocenters. The molecule has 7 nitrogen and oxygen atoms in total. The third kappa shape index (κ3) is 3.42. The summed E-state index contributed by atoms with van der Waals surface area (Å²) < 4.78 is 0. The number of nitrogens with zero attached hydrogens (tertiary/aromatic N) is 1. The molecule has 4 rings (SSSR count). The highest BCUT2D eigenvalue weighted by atomic mass is 16.4. The van der Waals surface area contributed by atoms with E-state index < -0.39 is 11.9 Å². The second-order valence-corrected chi connectivity index (χ2v) is 7.05. The van der Waals surface area contributed by atoms with E-state index in [2.05, 4.69) is 5.32 Å². The average molecular weight is 390 g/mol. The Kier molecular flexibility index (Phi) is 4.72. The molecule has 1 aliphatic carbocycles. The van der Waals surface area contributed by atoms with Crippen LogP contribution in [0.1, 0.15) is 33.6 Å². The van der Waals surface area contributed by atoms with E-state index in [-0.39, 0.29) is 29.2 Å². The molecule has 29 heavy (non-hydrogen) atoms. The van der Waals surface area contributed by atoms with Crippen molar-refractivity contribution >= 4 is 35.1 Å². The van der Waals surface area contributed by atoms with Gasteiger partial charge >= 0.3 is 5.97 Å². The summed E-state index contributed by atoms with van der Waals surface area (Å²) in [6.45, 7) is 0. The Labute approximate surface area is 166 Å². The molecule has 1 saturated heterocycles. The fourth-order valence-electron chi connectivity index (χ4n) is 3.75. The van der Waals surface area contributed by atoms with Gasteiger partial charge in [0.15, 0.2) is 0 Å². The van der Waals surface area contributed by atoms with E-state index in [0.717, 1.165) is 0 Å². The number of nitrogens with one attached hydrogen (secondary N) is 1. The van der Waals surface area contributed by atoms with E-state index in [1.165, 1.54) is 29.2 Å². The molecule has 2 aliphatic rings. The van der Waals surface area contributed by atoms with Gasteiger partial charge in [-0.15, -0.1) is 0 Å². The van der Waals surface area contributed by atoms with Gasteiger partial charge in [-0.3, -0.25) is 19.3 Å². The Bertz CT molecular complexity index is 1020. The predicted molar refractivity (Wildman–Crippen MR) is 106 cm³/mol. The second kappa shape index (κ2) is 7.35. The van der Waals surface area contributed by atoms with Gasteiger partial charge in [-0.05, 0) is 55.3 Å². The van der Waals surface area contributed by atoms with Crippen molar-refractivity contribution in [2.24, 2.45) is 11.8 Å². The van der Waals surface area contributed by atoms with Crippen molar-refractivity contribution < 1.29 is 24.3 Å². The van der Waals surface area contributed by atoms with Crippen LogP contribution in [-0.4, -0.2) is 28.8 Å². The first kappa shape index (κ1) is 18.6. The highest BCUT2D eigenvalue weighted by Gasteiger charge is 2.47. The number of hydrogen-bond donors (Lipinski definition) is 2. The molecule has 2 N–H and O–H groups in total. The van der Waals surface area contributed by atoms with E-state index >= 15 is 0 Å².